The topological polar surface area (TPSA) is 32.7 Å². The van der Waals surface area contributed by atoms with Crippen LogP contribution in [0.4, 0.5) is 4.39 Å². The number of hydrogen-bond donors (Lipinski definition) is 1. The van der Waals surface area contributed by atoms with Crippen LogP contribution in [0.15, 0.2) is 18.2 Å². The lowest BCUT2D eigenvalue weighted by atomic mass is 10.0. The molecule has 0 amide bonds. The molecule has 0 aromatic heterocycles. The lowest BCUT2D eigenvalue weighted by Crippen LogP contribution is -2.47. The molecule has 1 aliphatic rings. The highest BCUT2D eigenvalue weighted by molar-refractivity contribution is 5.25. The third kappa shape index (κ3) is 3.32. The molecule has 19 heavy (non-hydrogen) atoms. The Hall–Kier alpha value is -0.970. The number of nitrogens with zero attached hydrogens (tertiary/aromatic N) is 1. The molecule has 1 fully saturated rings. The van der Waals surface area contributed by atoms with Gasteiger partial charge in [-0.05, 0) is 38.0 Å². The van der Waals surface area contributed by atoms with Gasteiger partial charge < -0.3 is 9.84 Å². The van der Waals surface area contributed by atoms with E-state index in [0.29, 0.717) is 30.3 Å². The summed E-state index contributed by atoms with van der Waals surface area (Å²) in [5, 5.41) is 10.3. The Balaban J connectivity index is 2.10. The minimum absolute atomic E-state index is 0.284. The van der Waals surface area contributed by atoms with Gasteiger partial charge in [0, 0.05) is 19.1 Å². The Morgan fingerprint density at radius 3 is 2.79 bits per heavy atom. The zero-order valence-electron chi connectivity index (χ0n) is 11.8. The second kappa shape index (κ2) is 5.99. The summed E-state index contributed by atoms with van der Waals surface area (Å²) in [6, 6.07) is 5.28. The van der Waals surface area contributed by atoms with Crippen molar-refractivity contribution in [3.8, 4) is 0 Å². The van der Waals surface area contributed by atoms with Crippen molar-refractivity contribution in [1.82, 2.24) is 4.90 Å². The maximum absolute atomic E-state index is 13.5. The Morgan fingerprint density at radius 2 is 2.16 bits per heavy atom. The number of hydrogen-bond acceptors (Lipinski definition) is 3. The molecule has 0 aliphatic carbocycles. The number of ether oxygens (including phenoxy) is 1. The van der Waals surface area contributed by atoms with Gasteiger partial charge in [0.2, 0.25) is 0 Å². The maximum atomic E-state index is 13.5. The predicted molar refractivity (Wildman–Crippen MR) is 72.5 cm³/mol. The van der Waals surface area contributed by atoms with Crippen LogP contribution >= 0.6 is 0 Å². The molecule has 0 saturated carbocycles. The summed E-state index contributed by atoms with van der Waals surface area (Å²) < 4.78 is 19.2. The first-order valence-corrected chi connectivity index (χ1v) is 6.79. The van der Waals surface area contributed by atoms with E-state index in [4.69, 9.17) is 4.74 Å². The average Bonchev–Trinajstić information content (AvgIpc) is 2.41. The summed E-state index contributed by atoms with van der Waals surface area (Å²) >= 11 is 0. The number of morpholine rings is 1. The van der Waals surface area contributed by atoms with Crippen molar-refractivity contribution < 1.29 is 14.2 Å². The molecule has 1 aliphatic heterocycles. The van der Waals surface area contributed by atoms with Gasteiger partial charge in [0.1, 0.15) is 18.0 Å². The second-order valence-electron chi connectivity index (χ2n) is 5.45. The van der Waals surface area contributed by atoms with Gasteiger partial charge >= 0.3 is 0 Å². The molecule has 2 unspecified atom stereocenters. The Bertz CT molecular complexity index is 436. The van der Waals surface area contributed by atoms with Gasteiger partial charge in [-0.1, -0.05) is 12.1 Å². The largest absolute Gasteiger partial charge is 0.386 e. The van der Waals surface area contributed by atoms with Gasteiger partial charge in [-0.2, -0.15) is 0 Å². The standard InChI is InChI=1S/C15H22FNO2/c1-10(2)17-6-7-19-14(9-17)15(18)12-5-4-11(3)13(16)8-12/h4-5,8,10,14-15,18H,6-7,9H2,1-3H3. The van der Waals surface area contributed by atoms with Gasteiger partial charge in [0.05, 0.1) is 6.61 Å². The molecular weight excluding hydrogens is 245 g/mol. The van der Waals surface area contributed by atoms with Crippen LogP contribution in [-0.2, 0) is 4.74 Å². The molecule has 1 N–H and O–H groups in total. The van der Waals surface area contributed by atoms with Gasteiger partial charge in [-0.15, -0.1) is 0 Å². The van der Waals surface area contributed by atoms with Crippen LogP contribution in [0.5, 0.6) is 0 Å². The molecule has 0 radical (unpaired) electrons. The van der Waals surface area contributed by atoms with E-state index in [1.165, 1.54) is 6.07 Å². The Labute approximate surface area is 114 Å². The SMILES string of the molecule is Cc1ccc(C(O)C2CN(C(C)C)CCO2)cc1F. The van der Waals surface area contributed by atoms with E-state index in [9.17, 15) is 9.50 Å². The molecule has 4 heteroatoms. The molecule has 3 nitrogen and oxygen atoms in total. The zero-order valence-corrected chi connectivity index (χ0v) is 11.8. The van der Waals surface area contributed by atoms with E-state index in [0.717, 1.165) is 6.54 Å². The minimum Gasteiger partial charge on any atom is -0.386 e. The molecule has 2 atom stereocenters. The summed E-state index contributed by atoms with van der Waals surface area (Å²) in [7, 11) is 0. The Kier molecular flexibility index (Phi) is 4.55. The third-order valence-electron chi connectivity index (χ3n) is 3.74. The molecule has 2 rings (SSSR count). The van der Waals surface area contributed by atoms with Crippen LogP contribution in [0.1, 0.15) is 31.1 Å². The summed E-state index contributed by atoms with van der Waals surface area (Å²) in [6.07, 6.45) is -1.07. The highest BCUT2D eigenvalue weighted by Crippen LogP contribution is 2.24. The molecule has 1 heterocycles. The number of benzene rings is 1. The Morgan fingerprint density at radius 1 is 1.42 bits per heavy atom. The van der Waals surface area contributed by atoms with Crippen molar-refractivity contribution in [3.63, 3.8) is 0 Å². The van der Waals surface area contributed by atoms with E-state index < -0.39 is 6.10 Å². The molecular formula is C15H22FNO2. The molecule has 1 aromatic rings. The normalized spacial score (nSPS) is 22.7. The fourth-order valence-corrected chi connectivity index (χ4v) is 2.36. The summed E-state index contributed by atoms with van der Waals surface area (Å²) in [4.78, 5) is 2.27. The lowest BCUT2D eigenvalue weighted by Gasteiger charge is -2.37. The van der Waals surface area contributed by atoms with Crippen molar-refractivity contribution in [2.45, 2.75) is 39.0 Å². The molecule has 0 spiro atoms. The van der Waals surface area contributed by atoms with Crippen molar-refractivity contribution >= 4 is 0 Å². The second-order valence-corrected chi connectivity index (χ2v) is 5.45. The van der Waals surface area contributed by atoms with Crippen LogP contribution in [0, 0.1) is 12.7 Å². The maximum Gasteiger partial charge on any atom is 0.126 e. The first-order valence-electron chi connectivity index (χ1n) is 6.79. The van der Waals surface area contributed by atoms with Gasteiger partial charge in [0.25, 0.3) is 0 Å². The van der Waals surface area contributed by atoms with Crippen molar-refractivity contribution in [3.05, 3.63) is 35.1 Å². The van der Waals surface area contributed by atoms with Crippen molar-refractivity contribution in [2.24, 2.45) is 0 Å². The average molecular weight is 267 g/mol. The number of aryl methyl sites for hydroxylation is 1. The quantitative estimate of drug-likeness (QED) is 0.912. The van der Waals surface area contributed by atoms with Crippen molar-refractivity contribution in [1.29, 1.82) is 0 Å². The molecule has 0 bridgehead atoms. The summed E-state index contributed by atoms with van der Waals surface area (Å²) in [5.41, 5.74) is 1.17. The van der Waals surface area contributed by atoms with E-state index in [1.54, 1.807) is 19.1 Å². The van der Waals surface area contributed by atoms with Gasteiger partial charge in [0.15, 0.2) is 0 Å². The number of aliphatic hydroxyl groups is 1. The number of aliphatic hydroxyl groups excluding tert-OH is 1. The van der Waals surface area contributed by atoms with Crippen LogP contribution < -0.4 is 0 Å². The summed E-state index contributed by atoms with van der Waals surface area (Å²) in [6.45, 7) is 8.12. The highest BCUT2D eigenvalue weighted by atomic mass is 19.1. The van der Waals surface area contributed by atoms with E-state index >= 15 is 0 Å². The number of rotatable bonds is 3. The van der Waals surface area contributed by atoms with Crippen LogP contribution in [0.25, 0.3) is 0 Å². The van der Waals surface area contributed by atoms with Crippen LogP contribution in [-0.4, -0.2) is 41.8 Å². The minimum atomic E-state index is -0.781. The fourth-order valence-electron chi connectivity index (χ4n) is 2.36. The first kappa shape index (κ1) is 14.4. The first-order chi connectivity index (χ1) is 8.99. The lowest BCUT2D eigenvalue weighted by molar-refractivity contribution is -0.0962. The molecule has 1 aromatic carbocycles. The highest BCUT2D eigenvalue weighted by Gasteiger charge is 2.29. The van der Waals surface area contributed by atoms with E-state index in [-0.39, 0.29) is 11.9 Å². The smallest absolute Gasteiger partial charge is 0.126 e. The van der Waals surface area contributed by atoms with E-state index in [2.05, 4.69) is 18.7 Å². The summed E-state index contributed by atoms with van der Waals surface area (Å²) in [5.74, 6) is -0.284. The predicted octanol–water partition coefficient (Wildman–Crippen LogP) is 2.28. The number of halogens is 1. The molecule has 1 saturated heterocycles. The van der Waals surface area contributed by atoms with Gasteiger partial charge in [-0.3, -0.25) is 4.90 Å². The van der Waals surface area contributed by atoms with Crippen LogP contribution in [0.2, 0.25) is 0 Å². The van der Waals surface area contributed by atoms with Gasteiger partial charge in [-0.25, -0.2) is 4.39 Å². The third-order valence-corrected chi connectivity index (χ3v) is 3.74. The zero-order chi connectivity index (χ0) is 14.0. The fraction of sp³-hybridized carbons (Fsp3) is 0.600. The van der Waals surface area contributed by atoms with Crippen LogP contribution in [0.3, 0.4) is 0 Å². The van der Waals surface area contributed by atoms with Crippen molar-refractivity contribution in [2.75, 3.05) is 19.7 Å². The molecule has 106 valence electrons. The monoisotopic (exact) mass is 267 g/mol. The van der Waals surface area contributed by atoms with E-state index in [1.807, 2.05) is 0 Å².